The summed E-state index contributed by atoms with van der Waals surface area (Å²) in [4.78, 5) is 6.64. The van der Waals surface area contributed by atoms with Gasteiger partial charge in [0.15, 0.2) is 0 Å². The van der Waals surface area contributed by atoms with E-state index in [-0.39, 0.29) is 0 Å². The highest BCUT2D eigenvalue weighted by Gasteiger charge is 2.09. The summed E-state index contributed by atoms with van der Waals surface area (Å²) in [5, 5.41) is 5.37. The zero-order valence-electron chi connectivity index (χ0n) is 7.77. The van der Waals surface area contributed by atoms with Crippen LogP contribution in [0.3, 0.4) is 0 Å². The first-order valence-electron chi connectivity index (χ1n) is 4.31. The van der Waals surface area contributed by atoms with Gasteiger partial charge in [-0.25, -0.2) is 9.50 Å². The van der Waals surface area contributed by atoms with Crippen LogP contribution in [0, 0.1) is 6.92 Å². The Hall–Kier alpha value is -0.720. The first-order valence-corrected chi connectivity index (χ1v) is 6.73. The van der Waals surface area contributed by atoms with Gasteiger partial charge in [-0.2, -0.15) is 5.10 Å². The number of aromatic nitrogens is 3. The first kappa shape index (κ1) is 9.50. The molecule has 6 heteroatoms. The molecule has 76 valence electrons. The summed E-state index contributed by atoms with van der Waals surface area (Å²) in [5.41, 5.74) is 0.990. The molecular weight excluding hydrogens is 294 g/mol. The molecule has 0 radical (unpaired) electrons. The van der Waals surface area contributed by atoms with Gasteiger partial charge in [-0.05, 0) is 35.0 Å². The maximum absolute atomic E-state index is 4.53. The number of hydrogen-bond acceptors (Lipinski definition) is 4. The van der Waals surface area contributed by atoms with Crippen LogP contribution in [0.5, 0.6) is 0 Å². The zero-order valence-corrected chi connectivity index (χ0v) is 11.0. The highest BCUT2D eigenvalue weighted by Crippen LogP contribution is 2.31. The highest BCUT2D eigenvalue weighted by atomic mass is 79.9. The van der Waals surface area contributed by atoms with Gasteiger partial charge in [0.05, 0.1) is 14.9 Å². The standard InChI is InChI=1S/C9H6BrN3S2/c1-5-12-13-4-6(11-9(13)14-5)7-2-3-8(10)15-7/h2-4H,1H3. The van der Waals surface area contributed by atoms with Gasteiger partial charge in [0, 0.05) is 0 Å². The molecule has 3 aromatic rings. The Morgan fingerprint density at radius 1 is 1.33 bits per heavy atom. The molecule has 0 fully saturated rings. The van der Waals surface area contributed by atoms with Crippen molar-refractivity contribution in [3.63, 3.8) is 0 Å². The van der Waals surface area contributed by atoms with E-state index in [0.717, 1.165) is 24.3 Å². The number of nitrogens with zero attached hydrogens (tertiary/aromatic N) is 3. The molecule has 15 heavy (non-hydrogen) atoms. The Balaban J connectivity index is 2.15. The second kappa shape index (κ2) is 3.40. The Labute approximate surface area is 103 Å². The van der Waals surface area contributed by atoms with Gasteiger partial charge in [0.25, 0.3) is 0 Å². The maximum atomic E-state index is 4.53. The number of imidazole rings is 1. The van der Waals surface area contributed by atoms with E-state index in [1.807, 2.05) is 23.7 Å². The van der Waals surface area contributed by atoms with Crippen molar-refractivity contribution in [3.8, 4) is 10.6 Å². The van der Waals surface area contributed by atoms with E-state index >= 15 is 0 Å². The normalized spacial score (nSPS) is 11.3. The van der Waals surface area contributed by atoms with E-state index in [9.17, 15) is 0 Å². The average molecular weight is 300 g/mol. The van der Waals surface area contributed by atoms with Crippen molar-refractivity contribution in [3.05, 3.63) is 27.1 Å². The molecule has 0 saturated carbocycles. The minimum Gasteiger partial charge on any atom is -0.217 e. The molecule has 0 atom stereocenters. The number of halogens is 1. The molecule has 0 aliphatic rings. The topological polar surface area (TPSA) is 30.2 Å². The van der Waals surface area contributed by atoms with E-state index in [1.165, 1.54) is 0 Å². The number of thiophene rings is 1. The maximum Gasteiger partial charge on any atom is 0.212 e. The molecule has 0 saturated heterocycles. The van der Waals surface area contributed by atoms with Crippen molar-refractivity contribution in [2.24, 2.45) is 0 Å². The van der Waals surface area contributed by atoms with Gasteiger partial charge < -0.3 is 0 Å². The predicted molar refractivity (Wildman–Crippen MR) is 66.6 cm³/mol. The molecule has 3 rings (SSSR count). The lowest BCUT2D eigenvalue weighted by molar-refractivity contribution is 0.946. The van der Waals surface area contributed by atoms with Crippen LogP contribution < -0.4 is 0 Å². The van der Waals surface area contributed by atoms with Crippen molar-refractivity contribution in [1.29, 1.82) is 0 Å². The second-order valence-corrected chi connectivity index (χ2v) is 6.70. The van der Waals surface area contributed by atoms with Crippen LogP contribution in [0.15, 0.2) is 22.1 Å². The van der Waals surface area contributed by atoms with Gasteiger partial charge >= 0.3 is 0 Å². The fourth-order valence-corrected chi connectivity index (χ4v) is 3.43. The zero-order chi connectivity index (χ0) is 10.4. The number of rotatable bonds is 1. The van der Waals surface area contributed by atoms with Crippen LogP contribution in [-0.4, -0.2) is 14.6 Å². The molecule has 0 unspecified atom stereocenters. The van der Waals surface area contributed by atoms with Crippen LogP contribution in [0.25, 0.3) is 15.5 Å². The van der Waals surface area contributed by atoms with Crippen LogP contribution in [-0.2, 0) is 0 Å². The summed E-state index contributed by atoms with van der Waals surface area (Å²) in [5.74, 6) is 0. The molecule has 0 aliphatic heterocycles. The van der Waals surface area contributed by atoms with Gasteiger partial charge in [-0.1, -0.05) is 11.3 Å². The molecule has 0 N–H and O–H groups in total. The van der Waals surface area contributed by atoms with E-state index < -0.39 is 0 Å². The van der Waals surface area contributed by atoms with Crippen LogP contribution in [0.4, 0.5) is 0 Å². The summed E-state index contributed by atoms with van der Waals surface area (Å²) in [7, 11) is 0. The molecule has 0 aromatic carbocycles. The lowest BCUT2D eigenvalue weighted by atomic mass is 10.4. The molecule has 3 heterocycles. The van der Waals surface area contributed by atoms with Gasteiger partial charge in [-0.3, -0.25) is 0 Å². The van der Waals surface area contributed by atoms with Crippen molar-refractivity contribution in [1.82, 2.24) is 14.6 Å². The Morgan fingerprint density at radius 2 is 2.20 bits per heavy atom. The monoisotopic (exact) mass is 299 g/mol. The van der Waals surface area contributed by atoms with Crippen molar-refractivity contribution >= 4 is 43.6 Å². The largest absolute Gasteiger partial charge is 0.217 e. The average Bonchev–Trinajstić information content (AvgIpc) is 2.78. The summed E-state index contributed by atoms with van der Waals surface area (Å²) >= 11 is 6.74. The summed E-state index contributed by atoms with van der Waals surface area (Å²) < 4.78 is 2.96. The van der Waals surface area contributed by atoms with Crippen LogP contribution in [0.2, 0.25) is 0 Å². The lowest BCUT2D eigenvalue weighted by Crippen LogP contribution is -1.79. The third kappa shape index (κ3) is 1.62. The lowest BCUT2D eigenvalue weighted by Gasteiger charge is -1.85. The fourth-order valence-electron chi connectivity index (χ4n) is 1.37. The summed E-state index contributed by atoms with van der Waals surface area (Å²) in [6.07, 6.45) is 1.97. The molecule has 0 spiro atoms. The Kier molecular flexibility index (Phi) is 2.15. The van der Waals surface area contributed by atoms with E-state index in [2.05, 4.69) is 32.1 Å². The highest BCUT2D eigenvalue weighted by molar-refractivity contribution is 9.11. The van der Waals surface area contributed by atoms with Gasteiger partial charge in [-0.15, -0.1) is 11.3 Å². The van der Waals surface area contributed by atoms with E-state index in [4.69, 9.17) is 0 Å². The minimum atomic E-state index is 0.951. The molecule has 3 nitrogen and oxygen atoms in total. The smallest absolute Gasteiger partial charge is 0.212 e. The molecular formula is C9H6BrN3S2. The molecule has 0 bridgehead atoms. The quantitative estimate of drug-likeness (QED) is 0.687. The SMILES string of the molecule is Cc1nn2cc(-c3ccc(Br)s3)nc2s1. The molecule has 0 amide bonds. The van der Waals surface area contributed by atoms with Gasteiger partial charge in [0.1, 0.15) is 10.7 Å². The van der Waals surface area contributed by atoms with E-state index in [0.29, 0.717) is 0 Å². The summed E-state index contributed by atoms with van der Waals surface area (Å²) in [6.45, 7) is 1.99. The van der Waals surface area contributed by atoms with E-state index in [1.54, 1.807) is 22.7 Å². The third-order valence-electron chi connectivity index (χ3n) is 1.97. The number of aryl methyl sites for hydroxylation is 1. The first-order chi connectivity index (χ1) is 7.22. The van der Waals surface area contributed by atoms with Crippen molar-refractivity contribution in [2.75, 3.05) is 0 Å². The Morgan fingerprint density at radius 3 is 2.87 bits per heavy atom. The fraction of sp³-hybridized carbons (Fsp3) is 0.111. The number of hydrogen-bond donors (Lipinski definition) is 0. The summed E-state index contributed by atoms with van der Waals surface area (Å²) in [6, 6.07) is 4.10. The Bertz CT molecular complexity index is 591. The molecule has 0 aliphatic carbocycles. The minimum absolute atomic E-state index is 0.951. The second-order valence-electron chi connectivity index (χ2n) is 3.08. The predicted octanol–water partition coefficient (Wildman–Crippen LogP) is 3.59. The van der Waals surface area contributed by atoms with Crippen molar-refractivity contribution < 1.29 is 0 Å². The van der Waals surface area contributed by atoms with Gasteiger partial charge in [0.2, 0.25) is 4.96 Å². The van der Waals surface area contributed by atoms with Crippen molar-refractivity contribution in [2.45, 2.75) is 6.92 Å². The molecule has 3 aromatic heterocycles. The van der Waals surface area contributed by atoms with Crippen LogP contribution >= 0.6 is 38.6 Å². The number of fused-ring (bicyclic) bond motifs is 1. The van der Waals surface area contributed by atoms with Crippen LogP contribution in [0.1, 0.15) is 5.01 Å². The third-order valence-corrected chi connectivity index (χ3v) is 4.45.